The van der Waals surface area contributed by atoms with E-state index in [-0.39, 0.29) is 0 Å². The summed E-state index contributed by atoms with van der Waals surface area (Å²) in [7, 11) is 0. The summed E-state index contributed by atoms with van der Waals surface area (Å²) >= 11 is 0. The third-order valence-corrected chi connectivity index (χ3v) is 2.50. The standard InChI is InChI=1S/C9H16N4/c1-5(2)7-8(6(3)4)11-9(10-7)12-13-9/h5-7,10H,1-4H3. The third-order valence-electron chi connectivity index (χ3n) is 2.50. The van der Waals surface area contributed by atoms with Crippen molar-refractivity contribution >= 4 is 5.71 Å². The molecule has 0 aromatic carbocycles. The van der Waals surface area contributed by atoms with Crippen LogP contribution in [0.1, 0.15) is 27.7 Å². The van der Waals surface area contributed by atoms with Crippen LogP contribution in [0.15, 0.2) is 15.2 Å². The minimum Gasteiger partial charge on any atom is -0.243 e. The Morgan fingerprint density at radius 3 is 2.15 bits per heavy atom. The Morgan fingerprint density at radius 2 is 1.85 bits per heavy atom. The highest BCUT2D eigenvalue weighted by atomic mass is 15.7. The van der Waals surface area contributed by atoms with Gasteiger partial charge in [-0.25, -0.2) is 10.3 Å². The van der Waals surface area contributed by atoms with Crippen LogP contribution in [0.3, 0.4) is 0 Å². The Bertz CT molecular complexity index is 271. The maximum atomic E-state index is 4.51. The van der Waals surface area contributed by atoms with E-state index >= 15 is 0 Å². The lowest BCUT2D eigenvalue weighted by Gasteiger charge is -2.19. The molecule has 0 bridgehead atoms. The third kappa shape index (κ3) is 1.39. The van der Waals surface area contributed by atoms with E-state index in [9.17, 15) is 0 Å². The number of hydrogen-bond donors (Lipinski definition) is 1. The van der Waals surface area contributed by atoms with Crippen molar-refractivity contribution in [2.24, 2.45) is 27.1 Å². The van der Waals surface area contributed by atoms with Crippen LogP contribution in [0.5, 0.6) is 0 Å². The van der Waals surface area contributed by atoms with E-state index in [0.29, 0.717) is 17.9 Å². The average molecular weight is 180 g/mol. The lowest BCUT2D eigenvalue weighted by Crippen LogP contribution is -2.41. The molecule has 0 saturated carbocycles. The van der Waals surface area contributed by atoms with Crippen LogP contribution in [-0.4, -0.2) is 17.7 Å². The van der Waals surface area contributed by atoms with Crippen LogP contribution in [0.4, 0.5) is 0 Å². The second-order valence-corrected chi connectivity index (χ2v) is 4.39. The highest BCUT2D eigenvalue weighted by molar-refractivity contribution is 5.93. The van der Waals surface area contributed by atoms with Gasteiger partial charge >= 0.3 is 5.91 Å². The highest BCUT2D eigenvalue weighted by Gasteiger charge is 2.49. The summed E-state index contributed by atoms with van der Waals surface area (Å²) in [5, 5.41) is 11.2. The maximum absolute atomic E-state index is 4.51. The van der Waals surface area contributed by atoms with Gasteiger partial charge in [0.15, 0.2) is 0 Å². The van der Waals surface area contributed by atoms with Crippen molar-refractivity contribution in [2.45, 2.75) is 39.6 Å². The Balaban J connectivity index is 2.19. The molecule has 13 heavy (non-hydrogen) atoms. The van der Waals surface area contributed by atoms with Crippen molar-refractivity contribution in [1.82, 2.24) is 5.32 Å². The number of hydrogen-bond acceptors (Lipinski definition) is 4. The van der Waals surface area contributed by atoms with Gasteiger partial charge in [-0.2, -0.15) is 0 Å². The molecular formula is C9H16N4. The molecule has 4 heteroatoms. The molecule has 2 aliphatic heterocycles. The minimum atomic E-state index is -0.561. The summed E-state index contributed by atoms with van der Waals surface area (Å²) in [5.41, 5.74) is 1.21. The van der Waals surface area contributed by atoms with Crippen molar-refractivity contribution in [2.75, 3.05) is 0 Å². The molecule has 72 valence electrons. The van der Waals surface area contributed by atoms with Gasteiger partial charge in [0.25, 0.3) is 0 Å². The number of nitrogens with one attached hydrogen (secondary N) is 1. The molecule has 1 atom stereocenters. The fourth-order valence-corrected chi connectivity index (χ4v) is 1.71. The van der Waals surface area contributed by atoms with Gasteiger partial charge in [0.1, 0.15) is 0 Å². The fourth-order valence-electron chi connectivity index (χ4n) is 1.71. The van der Waals surface area contributed by atoms with E-state index in [1.807, 2.05) is 0 Å². The summed E-state index contributed by atoms with van der Waals surface area (Å²) in [5.74, 6) is 0.464. The lowest BCUT2D eigenvalue weighted by molar-refractivity contribution is 0.427. The molecule has 0 amide bonds. The van der Waals surface area contributed by atoms with Gasteiger partial charge in [-0.05, 0) is 11.8 Å². The van der Waals surface area contributed by atoms with Crippen molar-refractivity contribution in [3.63, 3.8) is 0 Å². The van der Waals surface area contributed by atoms with Crippen LogP contribution >= 0.6 is 0 Å². The first kappa shape index (κ1) is 8.81. The van der Waals surface area contributed by atoms with E-state index in [1.165, 1.54) is 5.71 Å². The zero-order valence-corrected chi connectivity index (χ0v) is 8.57. The fraction of sp³-hybridized carbons (Fsp3) is 0.889. The van der Waals surface area contributed by atoms with Crippen molar-refractivity contribution in [3.05, 3.63) is 0 Å². The zero-order valence-electron chi connectivity index (χ0n) is 8.57. The van der Waals surface area contributed by atoms with E-state index in [0.717, 1.165) is 0 Å². The first-order chi connectivity index (χ1) is 6.04. The van der Waals surface area contributed by atoms with E-state index in [1.54, 1.807) is 0 Å². The normalized spacial score (nSPS) is 29.1. The van der Waals surface area contributed by atoms with Gasteiger partial charge in [0.05, 0.1) is 6.04 Å². The van der Waals surface area contributed by atoms with E-state index in [2.05, 4.69) is 48.2 Å². The second kappa shape index (κ2) is 2.61. The molecule has 1 unspecified atom stereocenters. The largest absolute Gasteiger partial charge is 0.342 e. The van der Waals surface area contributed by atoms with Gasteiger partial charge in [-0.1, -0.05) is 27.7 Å². The van der Waals surface area contributed by atoms with Crippen LogP contribution in [0.2, 0.25) is 0 Å². The monoisotopic (exact) mass is 180 g/mol. The molecule has 0 radical (unpaired) electrons. The molecule has 1 N–H and O–H groups in total. The molecule has 0 fully saturated rings. The molecule has 4 nitrogen and oxygen atoms in total. The van der Waals surface area contributed by atoms with Crippen LogP contribution in [-0.2, 0) is 0 Å². The summed E-state index contributed by atoms with van der Waals surface area (Å²) in [6.45, 7) is 8.71. The number of rotatable bonds is 2. The molecule has 1 spiro atoms. The SMILES string of the molecule is CC(C)C1=NC2(N=N2)NC1C(C)C. The van der Waals surface area contributed by atoms with Gasteiger partial charge in [0.2, 0.25) is 0 Å². The lowest BCUT2D eigenvalue weighted by atomic mass is 9.93. The minimum absolute atomic E-state index is 0.343. The highest BCUT2D eigenvalue weighted by Crippen LogP contribution is 2.34. The van der Waals surface area contributed by atoms with Crippen LogP contribution in [0.25, 0.3) is 0 Å². The molecule has 2 rings (SSSR count). The molecular weight excluding hydrogens is 164 g/mol. The predicted octanol–water partition coefficient (Wildman–Crippen LogP) is 1.79. The summed E-state index contributed by atoms with van der Waals surface area (Å²) in [6.07, 6.45) is 0. The van der Waals surface area contributed by atoms with Gasteiger partial charge in [0, 0.05) is 5.71 Å². The van der Waals surface area contributed by atoms with E-state index < -0.39 is 5.91 Å². The Morgan fingerprint density at radius 1 is 1.23 bits per heavy atom. The summed E-state index contributed by atoms with van der Waals surface area (Å²) in [6, 6.07) is 0.343. The van der Waals surface area contributed by atoms with Crippen molar-refractivity contribution in [1.29, 1.82) is 0 Å². The topological polar surface area (TPSA) is 49.1 Å². The van der Waals surface area contributed by atoms with Gasteiger partial charge in [-0.3, -0.25) is 0 Å². The molecule has 2 heterocycles. The average Bonchev–Trinajstić information content (AvgIpc) is 2.60. The quantitative estimate of drug-likeness (QED) is 0.692. The van der Waals surface area contributed by atoms with Crippen LogP contribution in [0, 0.1) is 11.8 Å². The molecule has 0 saturated heterocycles. The van der Waals surface area contributed by atoms with Crippen LogP contribution < -0.4 is 5.32 Å². The summed E-state index contributed by atoms with van der Waals surface area (Å²) < 4.78 is 0. The smallest absolute Gasteiger partial charge is 0.243 e. The number of nitrogens with zero attached hydrogens (tertiary/aromatic N) is 3. The Hall–Kier alpha value is -0.770. The summed E-state index contributed by atoms with van der Waals surface area (Å²) in [4.78, 5) is 4.51. The van der Waals surface area contributed by atoms with Gasteiger partial charge < -0.3 is 0 Å². The maximum Gasteiger partial charge on any atom is 0.342 e. The number of aliphatic imine (C=N–C) groups is 1. The second-order valence-electron chi connectivity index (χ2n) is 4.39. The Kier molecular flexibility index (Phi) is 1.77. The molecule has 0 aromatic rings. The first-order valence-corrected chi connectivity index (χ1v) is 4.85. The predicted molar refractivity (Wildman–Crippen MR) is 51.6 cm³/mol. The van der Waals surface area contributed by atoms with Crippen molar-refractivity contribution < 1.29 is 0 Å². The molecule has 0 aromatic heterocycles. The van der Waals surface area contributed by atoms with Gasteiger partial charge in [-0.15, -0.1) is 10.2 Å². The van der Waals surface area contributed by atoms with Crippen molar-refractivity contribution in [3.8, 4) is 0 Å². The molecule has 0 aliphatic carbocycles. The zero-order chi connectivity index (χ0) is 9.64. The first-order valence-electron chi connectivity index (χ1n) is 4.85. The molecule has 2 aliphatic rings. The van der Waals surface area contributed by atoms with E-state index in [4.69, 9.17) is 0 Å². The Labute approximate surface area is 78.5 Å².